The minimum Gasteiger partial charge on any atom is -0.389 e. The molecule has 1 aromatic carbocycles. The van der Waals surface area contributed by atoms with Gasteiger partial charge in [-0.05, 0) is 12.5 Å². The van der Waals surface area contributed by atoms with Crippen LogP contribution in [0.5, 0.6) is 0 Å². The number of thiocarbonyl (C=S) groups is 1. The van der Waals surface area contributed by atoms with Gasteiger partial charge in [0.1, 0.15) is 10.8 Å². The molecule has 0 spiro atoms. The van der Waals surface area contributed by atoms with Gasteiger partial charge in [0.05, 0.1) is 11.3 Å². The average molecular weight is 260 g/mol. The highest BCUT2D eigenvalue weighted by Crippen LogP contribution is 2.19. The van der Waals surface area contributed by atoms with Crippen molar-refractivity contribution in [2.45, 2.75) is 13.5 Å². The molecule has 2 rings (SSSR count). The van der Waals surface area contributed by atoms with Crippen molar-refractivity contribution < 1.29 is 0 Å². The predicted octanol–water partition coefficient (Wildman–Crippen LogP) is 1.97. The highest BCUT2D eigenvalue weighted by Gasteiger charge is 2.14. The summed E-state index contributed by atoms with van der Waals surface area (Å²) in [6.45, 7) is 2.62. The molecule has 0 radical (unpaired) electrons. The van der Waals surface area contributed by atoms with E-state index in [4.69, 9.17) is 18.0 Å². The third-order valence-electron chi connectivity index (χ3n) is 2.77. The molecule has 0 atom stereocenters. The molecule has 0 bridgehead atoms. The molecule has 3 N–H and O–H groups in total. The normalized spacial score (nSPS) is 10.3. The molecular formula is C13H16N4S. The Morgan fingerprint density at radius 1 is 1.39 bits per heavy atom. The summed E-state index contributed by atoms with van der Waals surface area (Å²) < 4.78 is 1.77. The topological polar surface area (TPSA) is 55.9 Å². The zero-order valence-electron chi connectivity index (χ0n) is 10.5. The highest BCUT2D eigenvalue weighted by molar-refractivity contribution is 7.80. The number of aromatic nitrogens is 2. The average Bonchev–Trinajstić information content (AvgIpc) is 2.62. The molecule has 0 saturated carbocycles. The largest absolute Gasteiger partial charge is 0.389 e. The molecule has 0 aliphatic rings. The monoisotopic (exact) mass is 260 g/mol. The quantitative estimate of drug-likeness (QED) is 0.825. The summed E-state index contributed by atoms with van der Waals surface area (Å²) in [5.74, 6) is 0.865. The summed E-state index contributed by atoms with van der Waals surface area (Å²) in [6, 6.07) is 10.2. The van der Waals surface area contributed by atoms with Gasteiger partial charge in [-0.3, -0.25) is 4.68 Å². The zero-order chi connectivity index (χ0) is 13.1. The predicted molar refractivity (Wildman–Crippen MR) is 77.6 cm³/mol. The molecule has 0 unspecified atom stereocenters. The summed E-state index contributed by atoms with van der Waals surface area (Å²) in [4.78, 5) is 0.371. The van der Waals surface area contributed by atoms with E-state index in [0.29, 0.717) is 4.99 Å². The van der Waals surface area contributed by atoms with Gasteiger partial charge in [0.25, 0.3) is 0 Å². The first-order valence-electron chi connectivity index (χ1n) is 5.71. The molecule has 18 heavy (non-hydrogen) atoms. The molecular weight excluding hydrogens is 244 g/mol. The molecule has 2 aromatic rings. The number of nitrogens with two attached hydrogens (primary N) is 1. The first-order chi connectivity index (χ1) is 8.59. The van der Waals surface area contributed by atoms with Crippen LogP contribution in [0.4, 0.5) is 5.82 Å². The maximum absolute atomic E-state index is 5.74. The lowest BCUT2D eigenvalue weighted by Gasteiger charge is -2.09. The van der Waals surface area contributed by atoms with Crippen LogP contribution in [0, 0.1) is 6.92 Å². The van der Waals surface area contributed by atoms with Crippen LogP contribution in [0.1, 0.15) is 16.8 Å². The first-order valence-corrected chi connectivity index (χ1v) is 6.11. The van der Waals surface area contributed by atoms with Gasteiger partial charge in [0.2, 0.25) is 0 Å². The molecule has 4 nitrogen and oxygen atoms in total. The number of nitrogens with zero attached hydrogens (tertiary/aromatic N) is 2. The van der Waals surface area contributed by atoms with Crippen LogP contribution in [0.15, 0.2) is 30.3 Å². The van der Waals surface area contributed by atoms with Crippen LogP contribution < -0.4 is 11.1 Å². The van der Waals surface area contributed by atoms with Crippen molar-refractivity contribution in [1.29, 1.82) is 0 Å². The second-order valence-electron chi connectivity index (χ2n) is 4.14. The summed E-state index contributed by atoms with van der Waals surface area (Å²) in [5, 5.41) is 7.66. The Morgan fingerprint density at radius 3 is 2.67 bits per heavy atom. The Bertz CT molecular complexity index is 560. The van der Waals surface area contributed by atoms with E-state index in [1.165, 1.54) is 5.56 Å². The highest BCUT2D eigenvalue weighted by atomic mass is 32.1. The van der Waals surface area contributed by atoms with Crippen molar-refractivity contribution in [3.05, 3.63) is 47.2 Å². The van der Waals surface area contributed by atoms with Crippen LogP contribution in [0.3, 0.4) is 0 Å². The van der Waals surface area contributed by atoms with E-state index in [1.54, 1.807) is 4.68 Å². The second kappa shape index (κ2) is 5.18. The molecule has 94 valence electrons. The van der Waals surface area contributed by atoms with Crippen LogP contribution in [0.25, 0.3) is 0 Å². The molecule has 0 aliphatic carbocycles. The smallest absolute Gasteiger partial charge is 0.134 e. The number of anilines is 1. The van der Waals surface area contributed by atoms with Crippen molar-refractivity contribution in [2.75, 3.05) is 5.32 Å². The van der Waals surface area contributed by atoms with E-state index in [-0.39, 0.29) is 0 Å². The fraction of sp³-hybridized carbons (Fsp3) is 0.231. The maximum atomic E-state index is 5.74. The Hall–Kier alpha value is -1.88. The lowest BCUT2D eigenvalue weighted by molar-refractivity contribution is 0.758. The molecule has 0 amide bonds. The lowest BCUT2D eigenvalue weighted by atomic mass is 10.2. The minimum atomic E-state index is 0.371. The third kappa shape index (κ3) is 2.51. The first kappa shape index (κ1) is 12.6. The molecule has 0 aliphatic heterocycles. The van der Waals surface area contributed by atoms with Gasteiger partial charge in [0, 0.05) is 13.6 Å². The minimum absolute atomic E-state index is 0.371. The Kier molecular flexibility index (Phi) is 3.62. The summed E-state index contributed by atoms with van der Waals surface area (Å²) in [5.41, 5.74) is 8.61. The van der Waals surface area contributed by atoms with Crippen LogP contribution >= 0.6 is 12.2 Å². The van der Waals surface area contributed by atoms with Crippen molar-refractivity contribution in [2.24, 2.45) is 12.8 Å². The lowest BCUT2D eigenvalue weighted by Crippen LogP contribution is -2.14. The van der Waals surface area contributed by atoms with Crippen molar-refractivity contribution in [1.82, 2.24) is 9.78 Å². The number of aryl methyl sites for hydroxylation is 2. The molecule has 1 heterocycles. The van der Waals surface area contributed by atoms with Crippen LogP contribution in [0.2, 0.25) is 0 Å². The molecule has 1 aromatic heterocycles. The van der Waals surface area contributed by atoms with E-state index < -0.39 is 0 Å². The second-order valence-corrected chi connectivity index (χ2v) is 4.58. The zero-order valence-corrected chi connectivity index (χ0v) is 11.3. The summed E-state index contributed by atoms with van der Waals surface area (Å²) in [7, 11) is 1.88. The number of hydrogen-bond donors (Lipinski definition) is 2. The van der Waals surface area contributed by atoms with Gasteiger partial charge in [-0.1, -0.05) is 42.5 Å². The fourth-order valence-electron chi connectivity index (χ4n) is 1.94. The van der Waals surface area contributed by atoms with Crippen molar-refractivity contribution in [3.63, 3.8) is 0 Å². The molecule has 0 fully saturated rings. The van der Waals surface area contributed by atoms with E-state index >= 15 is 0 Å². The number of rotatable bonds is 4. The molecule has 0 saturated heterocycles. The Labute approximate surface area is 112 Å². The summed E-state index contributed by atoms with van der Waals surface area (Å²) in [6.07, 6.45) is 0. The number of nitrogens with one attached hydrogen (secondary N) is 1. The van der Waals surface area contributed by atoms with Gasteiger partial charge in [-0.2, -0.15) is 5.10 Å². The van der Waals surface area contributed by atoms with Gasteiger partial charge < -0.3 is 11.1 Å². The maximum Gasteiger partial charge on any atom is 0.134 e. The van der Waals surface area contributed by atoms with E-state index in [0.717, 1.165) is 23.6 Å². The van der Waals surface area contributed by atoms with Gasteiger partial charge in [-0.25, -0.2) is 0 Å². The number of benzene rings is 1. The van der Waals surface area contributed by atoms with E-state index in [2.05, 4.69) is 22.5 Å². The van der Waals surface area contributed by atoms with Crippen molar-refractivity contribution in [3.8, 4) is 0 Å². The van der Waals surface area contributed by atoms with E-state index in [9.17, 15) is 0 Å². The van der Waals surface area contributed by atoms with Crippen molar-refractivity contribution >= 4 is 23.0 Å². The van der Waals surface area contributed by atoms with Crippen LogP contribution in [-0.4, -0.2) is 14.8 Å². The summed E-state index contributed by atoms with van der Waals surface area (Å²) >= 11 is 5.07. The number of hydrogen-bond acceptors (Lipinski definition) is 3. The third-order valence-corrected chi connectivity index (χ3v) is 2.98. The van der Waals surface area contributed by atoms with Gasteiger partial charge in [0.15, 0.2) is 0 Å². The SMILES string of the molecule is Cc1nn(C)c(NCc2ccccc2)c1C(N)=S. The van der Waals surface area contributed by atoms with Gasteiger partial charge >= 0.3 is 0 Å². The Morgan fingerprint density at radius 2 is 2.06 bits per heavy atom. The van der Waals surface area contributed by atoms with E-state index in [1.807, 2.05) is 32.2 Å². The fourth-order valence-corrected chi connectivity index (χ4v) is 2.18. The Balaban J connectivity index is 2.22. The van der Waals surface area contributed by atoms with Gasteiger partial charge in [-0.15, -0.1) is 0 Å². The standard InChI is InChI=1S/C13H16N4S/c1-9-11(12(14)18)13(17(2)16-9)15-8-10-6-4-3-5-7-10/h3-7,15H,8H2,1-2H3,(H2,14,18). The molecule has 5 heteroatoms. The van der Waals surface area contributed by atoms with Crippen LogP contribution in [-0.2, 0) is 13.6 Å².